The standard InChI is InChI=1S/C11H8O10P2/c12-9-6(20-22(15)16)3-1-2-5-4-7(21-23(17,18)19)10(13)11(14)8(5)9/h1-4H,(H4-,12,13,14,15,16,17,18,19)/p+1. The van der Waals surface area contributed by atoms with E-state index in [4.69, 9.17) is 14.7 Å². The van der Waals surface area contributed by atoms with Crippen LogP contribution >= 0.6 is 16.1 Å². The van der Waals surface area contributed by atoms with E-state index in [2.05, 4.69) is 9.05 Å². The van der Waals surface area contributed by atoms with E-state index in [0.29, 0.717) is 0 Å². The van der Waals surface area contributed by atoms with Gasteiger partial charge >= 0.3 is 16.1 Å². The fourth-order valence-electron chi connectivity index (χ4n) is 1.82. The second kappa shape index (κ2) is 6.11. The molecule has 0 aromatic heterocycles. The van der Waals surface area contributed by atoms with E-state index in [1.54, 1.807) is 0 Å². The summed E-state index contributed by atoms with van der Waals surface area (Å²) in [5.74, 6) is -3.42. The molecule has 0 spiro atoms. The Labute approximate surface area is 128 Å². The fourth-order valence-corrected chi connectivity index (χ4v) is 2.52. The first-order valence-corrected chi connectivity index (χ1v) is 8.37. The number of benzene rings is 1. The highest BCUT2D eigenvalue weighted by atomic mass is 31.2. The molecule has 0 saturated heterocycles. The van der Waals surface area contributed by atoms with Crippen molar-refractivity contribution in [2.75, 3.05) is 0 Å². The Bertz CT molecular complexity index is 903. The molecular weight excluding hydrogens is 354 g/mol. The van der Waals surface area contributed by atoms with Crippen molar-refractivity contribution in [2.24, 2.45) is 0 Å². The molecule has 0 bridgehead atoms. The lowest BCUT2D eigenvalue weighted by molar-refractivity contribution is 0.276. The molecule has 5 N–H and O–H groups in total. The highest BCUT2D eigenvalue weighted by Gasteiger charge is 2.24. The van der Waals surface area contributed by atoms with E-state index < -0.39 is 49.9 Å². The van der Waals surface area contributed by atoms with Crippen molar-refractivity contribution in [2.45, 2.75) is 0 Å². The maximum atomic E-state index is 12.2. The lowest BCUT2D eigenvalue weighted by Crippen LogP contribution is -2.02. The van der Waals surface area contributed by atoms with Gasteiger partial charge in [0, 0.05) is 4.57 Å². The molecule has 0 fully saturated rings. The van der Waals surface area contributed by atoms with Gasteiger partial charge < -0.3 is 14.7 Å². The quantitative estimate of drug-likeness (QED) is 0.391. The van der Waals surface area contributed by atoms with Crippen LogP contribution in [-0.4, -0.2) is 24.9 Å². The molecule has 0 amide bonds. The Morgan fingerprint density at radius 1 is 1.09 bits per heavy atom. The second-order valence-corrected chi connectivity index (χ2v) is 5.99. The summed E-state index contributed by atoms with van der Waals surface area (Å²) in [6.45, 7) is 0. The number of rotatable bonds is 4. The van der Waals surface area contributed by atoms with Crippen LogP contribution in [0.1, 0.15) is 0 Å². The van der Waals surface area contributed by atoms with E-state index in [1.807, 2.05) is 0 Å². The average molecular weight is 363 g/mol. The van der Waals surface area contributed by atoms with Gasteiger partial charge in [0.15, 0.2) is 11.5 Å². The molecule has 0 saturated carbocycles. The van der Waals surface area contributed by atoms with Gasteiger partial charge in [-0.2, -0.15) is 0 Å². The third-order valence-electron chi connectivity index (χ3n) is 2.64. The van der Waals surface area contributed by atoms with E-state index >= 15 is 0 Å². The van der Waals surface area contributed by atoms with Gasteiger partial charge in [-0.05, 0) is 17.5 Å². The summed E-state index contributed by atoms with van der Waals surface area (Å²) in [4.78, 5) is 38.4. The zero-order chi connectivity index (χ0) is 17.4. The highest BCUT2D eigenvalue weighted by molar-refractivity contribution is 7.46. The molecular formula is C11H9O10P2+. The van der Waals surface area contributed by atoms with Gasteiger partial charge in [0.2, 0.25) is 16.9 Å². The van der Waals surface area contributed by atoms with Crippen molar-refractivity contribution in [1.29, 1.82) is 0 Å². The summed E-state index contributed by atoms with van der Waals surface area (Å²) in [6.07, 6.45) is 0. The van der Waals surface area contributed by atoms with E-state index in [1.165, 1.54) is 12.1 Å². The normalized spacial score (nSPS) is 12.0. The van der Waals surface area contributed by atoms with Crippen LogP contribution in [-0.2, 0) is 9.13 Å². The number of hydrogen-bond acceptors (Lipinski definition) is 7. The second-order valence-electron chi connectivity index (χ2n) is 4.17. The van der Waals surface area contributed by atoms with Gasteiger partial charge in [-0.25, -0.2) is 9.09 Å². The van der Waals surface area contributed by atoms with Crippen LogP contribution in [0.2, 0.25) is 0 Å². The largest absolute Gasteiger partial charge is 0.747 e. The van der Waals surface area contributed by atoms with Crippen LogP contribution in [0, 0.1) is 0 Å². The van der Waals surface area contributed by atoms with Gasteiger partial charge in [-0.3, -0.25) is 14.6 Å². The minimum absolute atomic E-state index is 0.0585. The summed E-state index contributed by atoms with van der Waals surface area (Å²) >= 11 is 0. The van der Waals surface area contributed by atoms with Crippen molar-refractivity contribution in [3.63, 3.8) is 0 Å². The van der Waals surface area contributed by atoms with Crippen molar-refractivity contribution in [1.82, 2.24) is 0 Å². The van der Waals surface area contributed by atoms with E-state index in [9.17, 15) is 24.1 Å². The topological polar surface area (TPSA) is 171 Å². The molecule has 1 unspecified atom stereocenters. The molecule has 10 nitrogen and oxygen atoms in total. The summed E-state index contributed by atoms with van der Waals surface area (Å²) in [5, 5.41) is 19.1. The molecule has 0 aliphatic carbocycles. The average Bonchev–Trinajstić information content (AvgIpc) is 2.54. The molecule has 23 heavy (non-hydrogen) atoms. The summed E-state index contributed by atoms with van der Waals surface area (Å²) in [5.41, 5.74) is -1.02. The Kier molecular flexibility index (Phi) is 4.56. The maximum absolute atomic E-state index is 12.2. The van der Waals surface area contributed by atoms with Crippen LogP contribution in [0.4, 0.5) is 0 Å². The molecule has 2 aromatic rings. The highest BCUT2D eigenvalue weighted by Crippen LogP contribution is 2.47. The van der Waals surface area contributed by atoms with Crippen LogP contribution in [0.25, 0.3) is 10.8 Å². The fraction of sp³-hybridized carbons (Fsp3) is 0. The van der Waals surface area contributed by atoms with Gasteiger partial charge in [0.1, 0.15) is 0 Å². The minimum atomic E-state index is -5.02. The molecule has 2 aromatic carbocycles. The number of hydrogen-bond donors (Lipinski definition) is 5. The Morgan fingerprint density at radius 3 is 2.30 bits per heavy atom. The lowest BCUT2D eigenvalue weighted by atomic mass is 10.1. The Balaban J connectivity index is 2.81. The summed E-state index contributed by atoms with van der Waals surface area (Å²) in [6, 6.07) is 4.43. The predicted octanol–water partition coefficient (Wildman–Crippen LogP) is 1.11. The Hall–Kier alpha value is -2.22. The van der Waals surface area contributed by atoms with Crippen molar-refractivity contribution < 1.29 is 43.1 Å². The van der Waals surface area contributed by atoms with Gasteiger partial charge in [0.05, 0.1) is 5.39 Å². The van der Waals surface area contributed by atoms with Crippen LogP contribution in [0.15, 0.2) is 29.1 Å². The molecule has 12 heteroatoms. The minimum Gasteiger partial charge on any atom is -0.504 e. The van der Waals surface area contributed by atoms with Gasteiger partial charge in [-0.1, -0.05) is 12.1 Å². The van der Waals surface area contributed by atoms with Gasteiger partial charge in [0.25, 0.3) is 0 Å². The third kappa shape index (κ3) is 3.76. The van der Waals surface area contributed by atoms with E-state index in [-0.39, 0.29) is 5.39 Å². The molecule has 0 heterocycles. The zero-order valence-corrected chi connectivity index (χ0v) is 12.8. The molecule has 0 aliphatic heterocycles. The van der Waals surface area contributed by atoms with E-state index in [0.717, 1.165) is 12.1 Å². The SMILES string of the molecule is O=c1c(O[P+](=O)O)cccc2cc(OP(=O)(O)O)c(O)c(O)c12. The number of phenolic OH excluding ortho intramolecular Hbond substituents is 2. The number of phosphoric ester groups is 1. The first-order valence-electron chi connectivity index (χ1n) is 5.71. The van der Waals surface area contributed by atoms with Crippen LogP contribution in [0.3, 0.4) is 0 Å². The first kappa shape index (κ1) is 17.1. The molecule has 0 aliphatic rings. The van der Waals surface area contributed by atoms with Crippen molar-refractivity contribution in [3.8, 4) is 23.0 Å². The van der Waals surface area contributed by atoms with Crippen LogP contribution < -0.4 is 14.5 Å². The monoisotopic (exact) mass is 363 g/mol. The van der Waals surface area contributed by atoms with Gasteiger partial charge in [-0.15, -0.1) is 4.89 Å². The van der Waals surface area contributed by atoms with Crippen molar-refractivity contribution in [3.05, 3.63) is 34.5 Å². The summed E-state index contributed by atoms with van der Waals surface area (Å²) in [7, 11) is -8.15. The zero-order valence-electron chi connectivity index (χ0n) is 11.0. The number of phenols is 2. The molecule has 0 radical (unpaired) electrons. The Morgan fingerprint density at radius 2 is 1.74 bits per heavy atom. The predicted molar refractivity (Wildman–Crippen MR) is 76.7 cm³/mol. The first-order chi connectivity index (χ1) is 10.6. The molecule has 1 atom stereocenters. The number of aromatic hydroxyl groups is 2. The number of phosphoric acid groups is 1. The van der Waals surface area contributed by atoms with Crippen LogP contribution in [0.5, 0.6) is 23.0 Å². The third-order valence-corrected chi connectivity index (χ3v) is 3.43. The smallest absolute Gasteiger partial charge is 0.504 e. The maximum Gasteiger partial charge on any atom is 0.747 e. The molecule has 2 rings (SSSR count). The number of fused-ring (bicyclic) bond motifs is 1. The lowest BCUT2D eigenvalue weighted by Gasteiger charge is -2.10. The molecule has 122 valence electrons. The summed E-state index contributed by atoms with van der Waals surface area (Å²) < 4.78 is 30.2. The van der Waals surface area contributed by atoms with Crippen molar-refractivity contribution >= 4 is 26.9 Å².